The van der Waals surface area contributed by atoms with Crippen molar-refractivity contribution in [1.82, 2.24) is 24.6 Å². The molecule has 1 atom stereocenters. The number of likely N-dealkylation sites (tertiary alicyclic amines) is 1. The molecule has 0 saturated carbocycles. The molecule has 0 spiro atoms. The summed E-state index contributed by atoms with van der Waals surface area (Å²) in [5, 5.41) is 7.20. The zero-order valence-corrected chi connectivity index (χ0v) is 11.7. The van der Waals surface area contributed by atoms with Crippen molar-refractivity contribution in [2.75, 3.05) is 13.6 Å². The summed E-state index contributed by atoms with van der Waals surface area (Å²) in [6, 6.07) is 6.36. The number of pyridine rings is 1. The molecule has 0 aliphatic carbocycles. The highest BCUT2D eigenvalue weighted by Crippen LogP contribution is 2.20. The molecule has 5 nitrogen and oxygen atoms in total. The quantitative estimate of drug-likeness (QED) is 0.872. The predicted octanol–water partition coefficient (Wildman–Crippen LogP) is 2.10. The second-order valence-corrected chi connectivity index (χ2v) is 5.34. The van der Waals surface area contributed by atoms with Crippen LogP contribution in [0.4, 0.5) is 0 Å². The second-order valence-electron chi connectivity index (χ2n) is 4.95. The van der Waals surface area contributed by atoms with Crippen molar-refractivity contribution < 1.29 is 0 Å². The van der Waals surface area contributed by atoms with E-state index in [0.29, 0.717) is 10.8 Å². The van der Waals surface area contributed by atoms with Gasteiger partial charge in [0.05, 0.1) is 0 Å². The molecule has 6 heteroatoms. The summed E-state index contributed by atoms with van der Waals surface area (Å²) in [5.41, 5.74) is 0.857. The third kappa shape index (κ3) is 2.46. The standard InChI is InChI=1S/C13H17N5S/c1-17-8-4-5-10(17)9-18-12(15-16-13(18)19)11-6-2-3-7-14-11/h2-3,6-7,10H,4-5,8-9H2,1H3,(H,16,19). The number of likely N-dealkylation sites (N-methyl/N-ethyl adjacent to an activating group) is 1. The molecular weight excluding hydrogens is 258 g/mol. The molecule has 2 aromatic heterocycles. The van der Waals surface area contributed by atoms with Crippen LogP contribution in [0.5, 0.6) is 0 Å². The highest BCUT2D eigenvalue weighted by molar-refractivity contribution is 7.71. The normalized spacial score (nSPS) is 19.9. The van der Waals surface area contributed by atoms with Gasteiger partial charge in [0.2, 0.25) is 0 Å². The van der Waals surface area contributed by atoms with Crippen molar-refractivity contribution in [3.05, 3.63) is 29.2 Å². The number of rotatable bonds is 3. The van der Waals surface area contributed by atoms with Crippen LogP contribution in [0.3, 0.4) is 0 Å². The summed E-state index contributed by atoms with van der Waals surface area (Å²) in [6.45, 7) is 2.03. The first kappa shape index (κ1) is 12.5. The molecule has 2 aromatic rings. The van der Waals surface area contributed by atoms with Crippen LogP contribution in [0.1, 0.15) is 12.8 Å². The van der Waals surface area contributed by atoms with Crippen LogP contribution >= 0.6 is 12.2 Å². The van der Waals surface area contributed by atoms with Crippen molar-refractivity contribution in [2.24, 2.45) is 0 Å². The van der Waals surface area contributed by atoms with E-state index in [4.69, 9.17) is 12.2 Å². The molecule has 1 aliphatic heterocycles. The Morgan fingerprint density at radius 1 is 1.47 bits per heavy atom. The largest absolute Gasteiger partial charge is 0.302 e. The van der Waals surface area contributed by atoms with Crippen LogP contribution in [-0.2, 0) is 6.54 Å². The van der Waals surface area contributed by atoms with E-state index in [1.165, 1.54) is 12.8 Å². The molecule has 1 unspecified atom stereocenters. The average Bonchev–Trinajstić information content (AvgIpc) is 2.99. The van der Waals surface area contributed by atoms with Gasteiger partial charge < -0.3 is 4.90 Å². The zero-order valence-electron chi connectivity index (χ0n) is 10.9. The SMILES string of the molecule is CN1CCCC1Cn1c(-c2ccccn2)n[nH]c1=S. The maximum Gasteiger partial charge on any atom is 0.195 e. The van der Waals surface area contributed by atoms with Gasteiger partial charge in [0.15, 0.2) is 10.6 Å². The van der Waals surface area contributed by atoms with E-state index in [1.807, 2.05) is 18.2 Å². The number of aromatic amines is 1. The highest BCUT2D eigenvalue weighted by Gasteiger charge is 2.23. The lowest BCUT2D eigenvalue weighted by atomic mass is 10.2. The van der Waals surface area contributed by atoms with Gasteiger partial charge in [-0.3, -0.25) is 14.6 Å². The lowest BCUT2D eigenvalue weighted by Crippen LogP contribution is -2.29. The molecule has 0 amide bonds. The number of H-pyrrole nitrogens is 1. The van der Waals surface area contributed by atoms with E-state index in [0.717, 1.165) is 24.6 Å². The van der Waals surface area contributed by atoms with E-state index in [-0.39, 0.29) is 0 Å². The average molecular weight is 275 g/mol. The van der Waals surface area contributed by atoms with E-state index >= 15 is 0 Å². The first-order valence-electron chi connectivity index (χ1n) is 6.52. The molecule has 3 rings (SSSR count). The Bertz CT molecular complexity index is 603. The van der Waals surface area contributed by atoms with E-state index in [1.54, 1.807) is 6.20 Å². The molecule has 1 saturated heterocycles. The summed E-state index contributed by atoms with van der Waals surface area (Å²) in [7, 11) is 2.17. The Hall–Kier alpha value is -1.53. The van der Waals surface area contributed by atoms with Gasteiger partial charge in [0, 0.05) is 18.8 Å². The fourth-order valence-corrected chi connectivity index (χ4v) is 2.80. The topological polar surface area (TPSA) is 49.7 Å². The van der Waals surface area contributed by atoms with Gasteiger partial charge in [-0.2, -0.15) is 5.10 Å². The molecule has 0 aromatic carbocycles. The summed E-state index contributed by atoms with van der Waals surface area (Å²) in [4.78, 5) is 6.74. The summed E-state index contributed by atoms with van der Waals surface area (Å²) in [6.07, 6.45) is 4.25. The Morgan fingerprint density at radius 3 is 3.05 bits per heavy atom. The van der Waals surface area contributed by atoms with Gasteiger partial charge in [-0.1, -0.05) is 6.07 Å². The van der Waals surface area contributed by atoms with Gasteiger partial charge >= 0.3 is 0 Å². The Balaban J connectivity index is 1.93. The lowest BCUT2D eigenvalue weighted by Gasteiger charge is -2.20. The van der Waals surface area contributed by atoms with E-state index in [9.17, 15) is 0 Å². The van der Waals surface area contributed by atoms with Crippen LogP contribution in [0.25, 0.3) is 11.5 Å². The van der Waals surface area contributed by atoms with Crippen LogP contribution in [0.2, 0.25) is 0 Å². The maximum atomic E-state index is 5.34. The Labute approximate surface area is 117 Å². The molecule has 3 heterocycles. The highest BCUT2D eigenvalue weighted by atomic mass is 32.1. The van der Waals surface area contributed by atoms with Crippen molar-refractivity contribution in [3.8, 4) is 11.5 Å². The second kappa shape index (κ2) is 5.22. The van der Waals surface area contributed by atoms with E-state index in [2.05, 4.69) is 31.7 Å². The first-order chi connectivity index (χ1) is 9.25. The van der Waals surface area contributed by atoms with Gasteiger partial charge in [-0.25, -0.2) is 0 Å². The monoisotopic (exact) mass is 275 g/mol. The fraction of sp³-hybridized carbons (Fsp3) is 0.462. The number of nitrogens with zero attached hydrogens (tertiary/aromatic N) is 4. The van der Waals surface area contributed by atoms with Crippen LogP contribution < -0.4 is 0 Å². The molecule has 1 aliphatic rings. The van der Waals surface area contributed by atoms with Crippen LogP contribution in [-0.4, -0.2) is 44.3 Å². The van der Waals surface area contributed by atoms with Crippen molar-refractivity contribution in [2.45, 2.75) is 25.4 Å². The minimum atomic E-state index is 0.534. The summed E-state index contributed by atoms with van der Waals surface area (Å²) in [5.74, 6) is 0.825. The lowest BCUT2D eigenvalue weighted by molar-refractivity contribution is 0.282. The molecule has 100 valence electrons. The minimum Gasteiger partial charge on any atom is -0.302 e. The van der Waals surface area contributed by atoms with Crippen LogP contribution in [0, 0.1) is 4.77 Å². The number of aromatic nitrogens is 4. The molecule has 0 bridgehead atoms. The third-order valence-electron chi connectivity index (χ3n) is 3.72. The Kier molecular flexibility index (Phi) is 3.44. The third-order valence-corrected chi connectivity index (χ3v) is 4.03. The van der Waals surface area contributed by atoms with Crippen molar-refractivity contribution >= 4 is 12.2 Å². The van der Waals surface area contributed by atoms with Gasteiger partial charge in [-0.05, 0) is 50.8 Å². The van der Waals surface area contributed by atoms with Crippen molar-refractivity contribution in [1.29, 1.82) is 0 Å². The van der Waals surface area contributed by atoms with Crippen molar-refractivity contribution in [3.63, 3.8) is 0 Å². The zero-order chi connectivity index (χ0) is 13.2. The number of hydrogen-bond donors (Lipinski definition) is 1. The Morgan fingerprint density at radius 2 is 2.37 bits per heavy atom. The fourth-order valence-electron chi connectivity index (χ4n) is 2.60. The molecule has 1 fully saturated rings. The molecule has 0 radical (unpaired) electrons. The van der Waals surface area contributed by atoms with Crippen LogP contribution in [0.15, 0.2) is 24.4 Å². The summed E-state index contributed by atoms with van der Waals surface area (Å²) < 4.78 is 2.73. The molecular formula is C13H17N5S. The smallest absolute Gasteiger partial charge is 0.195 e. The van der Waals surface area contributed by atoms with Gasteiger partial charge in [0.1, 0.15) is 5.69 Å². The van der Waals surface area contributed by atoms with Gasteiger partial charge in [0.25, 0.3) is 0 Å². The van der Waals surface area contributed by atoms with Gasteiger partial charge in [-0.15, -0.1) is 0 Å². The predicted molar refractivity (Wildman–Crippen MR) is 76.3 cm³/mol. The van der Waals surface area contributed by atoms with E-state index < -0.39 is 0 Å². The summed E-state index contributed by atoms with van der Waals surface area (Å²) >= 11 is 5.34. The minimum absolute atomic E-state index is 0.534. The molecule has 19 heavy (non-hydrogen) atoms. The molecule has 1 N–H and O–H groups in total. The maximum absolute atomic E-state index is 5.34. The first-order valence-corrected chi connectivity index (χ1v) is 6.93. The number of hydrogen-bond acceptors (Lipinski definition) is 4. The number of nitrogens with one attached hydrogen (secondary N) is 1.